The molecule has 0 fully saturated rings. The van der Waals surface area contributed by atoms with Gasteiger partial charge >= 0.3 is 5.97 Å². The maximum atomic E-state index is 12.0. The molecule has 0 aliphatic heterocycles. The van der Waals surface area contributed by atoms with Crippen molar-refractivity contribution in [2.75, 3.05) is 11.9 Å². The number of non-ortho nitro benzene ring substituents is 1. The second-order valence-electron chi connectivity index (χ2n) is 5.88. The molecule has 0 saturated carbocycles. The van der Waals surface area contributed by atoms with Crippen LogP contribution in [0.5, 0.6) is 0 Å². The van der Waals surface area contributed by atoms with Crippen molar-refractivity contribution in [1.29, 1.82) is 0 Å². The number of amides is 1. The van der Waals surface area contributed by atoms with E-state index < -0.39 is 23.4 Å². The molecular weight excluding hydrogens is 370 g/mol. The SMILES string of the molecule is Cc1cc(C)c2nc(NC(=O)COC(=O)c3cccc([N+](=O)[O-])c3)sc2c1. The lowest BCUT2D eigenvalue weighted by atomic mass is 10.1. The molecule has 9 heteroatoms. The second-order valence-corrected chi connectivity index (χ2v) is 6.91. The van der Waals surface area contributed by atoms with Gasteiger partial charge in [-0.1, -0.05) is 23.5 Å². The molecule has 1 N–H and O–H groups in total. The molecule has 1 heterocycles. The van der Waals surface area contributed by atoms with E-state index >= 15 is 0 Å². The average Bonchev–Trinajstić information content (AvgIpc) is 3.02. The fraction of sp³-hybridized carbons (Fsp3) is 0.167. The van der Waals surface area contributed by atoms with Gasteiger partial charge in [0.2, 0.25) is 0 Å². The number of nitrogens with one attached hydrogen (secondary N) is 1. The van der Waals surface area contributed by atoms with Crippen molar-refractivity contribution in [3.05, 3.63) is 63.2 Å². The van der Waals surface area contributed by atoms with Gasteiger partial charge in [-0.05, 0) is 37.1 Å². The Morgan fingerprint density at radius 1 is 1.26 bits per heavy atom. The predicted octanol–water partition coefficient (Wildman–Crippen LogP) is 3.62. The molecule has 0 aliphatic rings. The Morgan fingerprint density at radius 3 is 2.78 bits per heavy atom. The van der Waals surface area contributed by atoms with Gasteiger partial charge in [0, 0.05) is 12.1 Å². The van der Waals surface area contributed by atoms with Crippen LogP contribution in [0.3, 0.4) is 0 Å². The minimum absolute atomic E-state index is 0.00286. The highest BCUT2D eigenvalue weighted by Gasteiger charge is 2.15. The number of aryl methyl sites for hydroxylation is 2. The molecule has 0 unspecified atom stereocenters. The summed E-state index contributed by atoms with van der Waals surface area (Å²) in [6, 6.07) is 9.11. The number of carbonyl (C=O) groups excluding carboxylic acids is 2. The number of anilines is 1. The Bertz CT molecular complexity index is 1060. The molecule has 8 nitrogen and oxygen atoms in total. The van der Waals surface area contributed by atoms with Gasteiger partial charge in [0.1, 0.15) is 0 Å². The van der Waals surface area contributed by atoms with E-state index in [1.165, 1.54) is 29.5 Å². The fourth-order valence-electron chi connectivity index (χ4n) is 2.54. The van der Waals surface area contributed by atoms with E-state index in [1.807, 2.05) is 26.0 Å². The topological polar surface area (TPSA) is 111 Å². The zero-order valence-corrected chi connectivity index (χ0v) is 15.3. The number of benzene rings is 2. The molecule has 0 bridgehead atoms. The Kier molecular flexibility index (Phi) is 5.13. The van der Waals surface area contributed by atoms with Crippen molar-refractivity contribution in [2.45, 2.75) is 13.8 Å². The Balaban J connectivity index is 1.63. The van der Waals surface area contributed by atoms with E-state index in [9.17, 15) is 19.7 Å². The molecule has 138 valence electrons. The van der Waals surface area contributed by atoms with Gasteiger partial charge in [0.15, 0.2) is 11.7 Å². The van der Waals surface area contributed by atoms with Crippen molar-refractivity contribution in [1.82, 2.24) is 4.98 Å². The number of thiazole rings is 1. The number of nitro benzene ring substituents is 1. The maximum absolute atomic E-state index is 12.0. The normalized spacial score (nSPS) is 10.6. The summed E-state index contributed by atoms with van der Waals surface area (Å²) in [6.45, 7) is 3.41. The molecule has 0 atom stereocenters. The van der Waals surface area contributed by atoms with E-state index in [0.29, 0.717) is 5.13 Å². The van der Waals surface area contributed by atoms with Gasteiger partial charge in [0.05, 0.1) is 20.7 Å². The molecule has 27 heavy (non-hydrogen) atoms. The van der Waals surface area contributed by atoms with Crippen LogP contribution in [0, 0.1) is 24.0 Å². The molecule has 1 aromatic heterocycles. The van der Waals surface area contributed by atoms with Crippen LogP contribution < -0.4 is 5.32 Å². The number of carbonyl (C=O) groups is 2. The third-order valence-electron chi connectivity index (χ3n) is 3.70. The smallest absolute Gasteiger partial charge is 0.338 e. The zero-order chi connectivity index (χ0) is 19.6. The van der Waals surface area contributed by atoms with E-state index in [-0.39, 0.29) is 11.3 Å². The fourth-order valence-corrected chi connectivity index (χ4v) is 3.60. The standard InChI is InChI=1S/C18H15N3O5S/c1-10-6-11(2)16-14(7-10)27-18(20-16)19-15(22)9-26-17(23)12-4-3-5-13(8-12)21(24)25/h3-8H,9H2,1-2H3,(H,19,20,22). The quantitative estimate of drug-likeness (QED) is 0.408. The lowest BCUT2D eigenvalue weighted by molar-refractivity contribution is -0.384. The highest BCUT2D eigenvalue weighted by atomic mass is 32.1. The molecule has 0 aliphatic carbocycles. The first kappa shape index (κ1) is 18.5. The number of esters is 1. The predicted molar refractivity (Wildman–Crippen MR) is 101 cm³/mol. The minimum atomic E-state index is -0.815. The van der Waals surface area contributed by atoms with Gasteiger partial charge in [-0.25, -0.2) is 9.78 Å². The molecule has 0 saturated heterocycles. The summed E-state index contributed by atoms with van der Waals surface area (Å²) in [4.78, 5) is 38.5. The molecule has 3 aromatic rings. The first-order valence-corrected chi connectivity index (χ1v) is 8.74. The summed E-state index contributed by atoms with van der Waals surface area (Å²) in [5, 5.41) is 13.8. The van der Waals surface area contributed by atoms with Gasteiger partial charge in [-0.15, -0.1) is 0 Å². The summed E-state index contributed by atoms with van der Waals surface area (Å²) in [6.07, 6.45) is 0. The van der Waals surface area contributed by atoms with Crippen molar-refractivity contribution in [3.63, 3.8) is 0 Å². The van der Waals surface area contributed by atoms with Crippen LogP contribution in [0.25, 0.3) is 10.2 Å². The molecular formula is C18H15N3O5S. The molecule has 0 spiro atoms. The summed E-state index contributed by atoms with van der Waals surface area (Å²) < 4.78 is 5.87. The van der Waals surface area contributed by atoms with Crippen LogP contribution >= 0.6 is 11.3 Å². The summed E-state index contributed by atoms with van der Waals surface area (Å²) in [5.41, 5.74) is 2.71. The lowest BCUT2D eigenvalue weighted by Crippen LogP contribution is -2.20. The number of nitrogens with zero attached hydrogens (tertiary/aromatic N) is 2. The van der Waals surface area contributed by atoms with Crippen LogP contribution in [-0.2, 0) is 9.53 Å². The van der Waals surface area contributed by atoms with Crippen molar-refractivity contribution in [2.24, 2.45) is 0 Å². The lowest BCUT2D eigenvalue weighted by Gasteiger charge is -2.04. The van der Waals surface area contributed by atoms with Crippen LogP contribution in [0.2, 0.25) is 0 Å². The first-order valence-electron chi connectivity index (χ1n) is 7.92. The van der Waals surface area contributed by atoms with Crippen LogP contribution in [-0.4, -0.2) is 28.4 Å². The number of ether oxygens (including phenoxy) is 1. The largest absolute Gasteiger partial charge is 0.452 e. The van der Waals surface area contributed by atoms with E-state index in [1.54, 1.807) is 0 Å². The van der Waals surface area contributed by atoms with E-state index in [2.05, 4.69) is 10.3 Å². The van der Waals surface area contributed by atoms with Crippen LogP contribution in [0.4, 0.5) is 10.8 Å². The average molecular weight is 385 g/mol. The Morgan fingerprint density at radius 2 is 2.04 bits per heavy atom. The number of aromatic nitrogens is 1. The third-order valence-corrected chi connectivity index (χ3v) is 4.62. The van der Waals surface area contributed by atoms with Crippen LogP contribution in [0.15, 0.2) is 36.4 Å². The number of hydrogen-bond donors (Lipinski definition) is 1. The molecule has 2 aromatic carbocycles. The molecule has 0 radical (unpaired) electrons. The molecule has 1 amide bonds. The van der Waals surface area contributed by atoms with E-state index in [4.69, 9.17) is 4.74 Å². The summed E-state index contributed by atoms with van der Waals surface area (Å²) in [7, 11) is 0. The number of fused-ring (bicyclic) bond motifs is 1. The molecule has 3 rings (SSSR count). The third kappa shape index (κ3) is 4.26. The Hall–Kier alpha value is -3.33. The highest BCUT2D eigenvalue weighted by Crippen LogP contribution is 2.29. The zero-order valence-electron chi connectivity index (χ0n) is 14.5. The summed E-state index contributed by atoms with van der Waals surface area (Å²) >= 11 is 1.33. The van der Waals surface area contributed by atoms with Crippen molar-refractivity contribution >= 4 is 44.2 Å². The van der Waals surface area contributed by atoms with Gasteiger partial charge in [0.25, 0.3) is 11.6 Å². The van der Waals surface area contributed by atoms with Gasteiger partial charge in [-0.2, -0.15) is 0 Å². The highest BCUT2D eigenvalue weighted by molar-refractivity contribution is 7.22. The first-order chi connectivity index (χ1) is 12.8. The number of nitro groups is 1. The van der Waals surface area contributed by atoms with Crippen molar-refractivity contribution < 1.29 is 19.2 Å². The van der Waals surface area contributed by atoms with Crippen LogP contribution in [0.1, 0.15) is 21.5 Å². The second kappa shape index (κ2) is 7.50. The number of hydrogen-bond acceptors (Lipinski definition) is 7. The Labute approximate surface area is 157 Å². The monoisotopic (exact) mass is 385 g/mol. The van der Waals surface area contributed by atoms with E-state index in [0.717, 1.165) is 27.4 Å². The van der Waals surface area contributed by atoms with Gasteiger partial charge < -0.3 is 4.74 Å². The maximum Gasteiger partial charge on any atom is 0.338 e. The van der Waals surface area contributed by atoms with Crippen molar-refractivity contribution in [3.8, 4) is 0 Å². The summed E-state index contributed by atoms with van der Waals surface area (Å²) in [5.74, 6) is -1.35. The van der Waals surface area contributed by atoms with Gasteiger partial charge in [-0.3, -0.25) is 20.2 Å². The minimum Gasteiger partial charge on any atom is -0.452 e. The number of rotatable bonds is 5.